The van der Waals surface area contributed by atoms with Gasteiger partial charge in [0, 0.05) is 23.6 Å². The van der Waals surface area contributed by atoms with Crippen molar-refractivity contribution in [2.75, 3.05) is 5.32 Å². The maximum atomic E-state index is 5.22. The second-order valence-corrected chi connectivity index (χ2v) is 4.79. The van der Waals surface area contributed by atoms with Crippen molar-refractivity contribution < 1.29 is 0 Å². The number of nitrogens with zero attached hydrogens (tertiary/aromatic N) is 2. The number of pyridine rings is 1. The van der Waals surface area contributed by atoms with Crippen LogP contribution in [0.1, 0.15) is 16.7 Å². The van der Waals surface area contributed by atoms with Gasteiger partial charge in [-0.2, -0.15) is 5.10 Å². The molecular weight excluding hydrogens is 268 g/mol. The highest BCUT2D eigenvalue weighted by molar-refractivity contribution is 7.80. The summed E-state index contributed by atoms with van der Waals surface area (Å²) in [4.78, 5) is 4.01. The summed E-state index contributed by atoms with van der Waals surface area (Å²) in [5, 5.41) is 7.69. The van der Waals surface area contributed by atoms with E-state index in [1.807, 2.05) is 44.2 Å². The van der Waals surface area contributed by atoms with Crippen LogP contribution in [0.2, 0.25) is 0 Å². The molecule has 5 heteroatoms. The van der Waals surface area contributed by atoms with E-state index in [-0.39, 0.29) is 0 Å². The van der Waals surface area contributed by atoms with Crippen molar-refractivity contribution in [2.45, 2.75) is 13.8 Å². The van der Waals surface area contributed by atoms with Gasteiger partial charge in [-0.15, -0.1) is 0 Å². The molecule has 0 saturated carbocycles. The summed E-state index contributed by atoms with van der Waals surface area (Å²) in [6, 6.07) is 9.87. The summed E-state index contributed by atoms with van der Waals surface area (Å²) in [5.41, 5.74) is 7.01. The second-order valence-electron chi connectivity index (χ2n) is 4.38. The lowest BCUT2D eigenvalue weighted by molar-refractivity contribution is 1.05. The number of para-hydroxylation sites is 1. The van der Waals surface area contributed by atoms with Crippen LogP contribution in [0, 0.1) is 13.8 Å². The van der Waals surface area contributed by atoms with Gasteiger partial charge in [0.15, 0.2) is 5.11 Å². The fraction of sp³-hybridized carbons (Fsp3) is 0.133. The molecule has 2 aromatic rings. The maximum Gasteiger partial charge on any atom is 0.191 e. The largest absolute Gasteiger partial charge is 0.331 e. The molecule has 20 heavy (non-hydrogen) atoms. The molecule has 4 nitrogen and oxygen atoms in total. The molecule has 0 spiro atoms. The molecule has 1 heterocycles. The second kappa shape index (κ2) is 6.77. The Morgan fingerprint density at radius 3 is 2.60 bits per heavy atom. The van der Waals surface area contributed by atoms with Crippen LogP contribution in [0.3, 0.4) is 0 Å². The van der Waals surface area contributed by atoms with E-state index in [1.165, 1.54) is 0 Å². The van der Waals surface area contributed by atoms with Crippen molar-refractivity contribution in [3.05, 3.63) is 59.4 Å². The van der Waals surface area contributed by atoms with Crippen LogP contribution in [0.5, 0.6) is 0 Å². The predicted molar refractivity (Wildman–Crippen MR) is 87.1 cm³/mol. The highest BCUT2D eigenvalue weighted by Crippen LogP contribution is 2.18. The van der Waals surface area contributed by atoms with Crippen molar-refractivity contribution >= 4 is 29.2 Å². The third kappa shape index (κ3) is 3.86. The first-order valence-corrected chi connectivity index (χ1v) is 6.64. The van der Waals surface area contributed by atoms with Crippen molar-refractivity contribution in [2.24, 2.45) is 5.10 Å². The van der Waals surface area contributed by atoms with Crippen LogP contribution in [-0.4, -0.2) is 16.3 Å². The number of nitrogens with one attached hydrogen (secondary N) is 2. The van der Waals surface area contributed by atoms with E-state index < -0.39 is 0 Å². The number of rotatable bonds is 3. The summed E-state index contributed by atoms with van der Waals surface area (Å²) in [5.74, 6) is 0. The molecule has 0 aliphatic rings. The minimum Gasteiger partial charge on any atom is -0.331 e. The molecular formula is C15H16N4S. The Bertz CT molecular complexity index is 603. The summed E-state index contributed by atoms with van der Waals surface area (Å²) in [7, 11) is 0. The highest BCUT2D eigenvalue weighted by Gasteiger charge is 2.03. The van der Waals surface area contributed by atoms with Gasteiger partial charge in [0.05, 0.1) is 6.21 Å². The van der Waals surface area contributed by atoms with E-state index in [2.05, 4.69) is 20.8 Å². The quantitative estimate of drug-likeness (QED) is 0.517. The lowest BCUT2D eigenvalue weighted by Crippen LogP contribution is -2.24. The molecule has 0 atom stereocenters. The summed E-state index contributed by atoms with van der Waals surface area (Å²) < 4.78 is 0. The molecule has 102 valence electrons. The number of hydrogen-bond acceptors (Lipinski definition) is 3. The average molecular weight is 284 g/mol. The van der Waals surface area contributed by atoms with E-state index in [9.17, 15) is 0 Å². The van der Waals surface area contributed by atoms with E-state index >= 15 is 0 Å². The minimum absolute atomic E-state index is 0.461. The zero-order chi connectivity index (χ0) is 14.4. The molecule has 0 saturated heterocycles. The first kappa shape index (κ1) is 14.1. The number of anilines is 1. The SMILES string of the molecule is Cc1cccc(C)c1NC(=S)N/N=C/c1cccnc1. The van der Waals surface area contributed by atoms with Crippen LogP contribution in [-0.2, 0) is 0 Å². The van der Waals surface area contributed by atoms with E-state index in [0.717, 1.165) is 22.4 Å². The fourth-order valence-electron chi connectivity index (χ4n) is 1.77. The molecule has 0 radical (unpaired) electrons. The van der Waals surface area contributed by atoms with Gasteiger partial charge in [0.1, 0.15) is 0 Å². The lowest BCUT2D eigenvalue weighted by atomic mass is 10.1. The molecule has 1 aromatic heterocycles. The Balaban J connectivity index is 1.95. The molecule has 0 aliphatic carbocycles. The number of thiocarbonyl (C=S) groups is 1. The van der Waals surface area contributed by atoms with Gasteiger partial charge in [0.2, 0.25) is 0 Å². The Hall–Kier alpha value is -2.27. The van der Waals surface area contributed by atoms with Gasteiger partial charge in [-0.05, 0) is 43.3 Å². The third-order valence-corrected chi connectivity index (χ3v) is 2.98. The summed E-state index contributed by atoms with van der Waals surface area (Å²) >= 11 is 5.22. The van der Waals surface area contributed by atoms with Crippen molar-refractivity contribution in [3.63, 3.8) is 0 Å². The molecule has 0 aliphatic heterocycles. The Labute approximate surface area is 123 Å². The molecule has 0 fully saturated rings. The standard InChI is InChI=1S/C15H16N4S/c1-11-5-3-6-12(2)14(11)18-15(20)19-17-10-13-7-4-8-16-9-13/h3-10H,1-2H3,(H2,18,19,20)/b17-10+. The topological polar surface area (TPSA) is 49.3 Å². The minimum atomic E-state index is 0.461. The van der Waals surface area contributed by atoms with Gasteiger partial charge in [0.25, 0.3) is 0 Å². The third-order valence-electron chi connectivity index (χ3n) is 2.78. The molecule has 2 N–H and O–H groups in total. The average Bonchev–Trinajstić information content (AvgIpc) is 2.44. The molecule has 2 rings (SSSR count). The first-order valence-electron chi connectivity index (χ1n) is 6.23. The maximum absolute atomic E-state index is 5.22. The normalized spacial score (nSPS) is 10.5. The zero-order valence-electron chi connectivity index (χ0n) is 11.4. The van der Waals surface area contributed by atoms with E-state index in [4.69, 9.17) is 12.2 Å². The molecule has 0 amide bonds. The highest BCUT2D eigenvalue weighted by atomic mass is 32.1. The van der Waals surface area contributed by atoms with Gasteiger partial charge < -0.3 is 5.32 Å². The lowest BCUT2D eigenvalue weighted by Gasteiger charge is -2.12. The molecule has 0 bridgehead atoms. The van der Waals surface area contributed by atoms with Crippen molar-refractivity contribution in [1.29, 1.82) is 0 Å². The fourth-order valence-corrected chi connectivity index (χ4v) is 1.93. The van der Waals surface area contributed by atoms with E-state index in [1.54, 1.807) is 18.6 Å². The Kier molecular flexibility index (Phi) is 4.79. The number of aromatic nitrogens is 1. The van der Waals surface area contributed by atoms with Crippen molar-refractivity contribution in [3.8, 4) is 0 Å². The molecule has 1 aromatic carbocycles. The van der Waals surface area contributed by atoms with E-state index in [0.29, 0.717) is 5.11 Å². The first-order chi connectivity index (χ1) is 9.66. The zero-order valence-corrected chi connectivity index (χ0v) is 12.2. The van der Waals surface area contributed by atoms with Gasteiger partial charge in [-0.25, -0.2) is 0 Å². The van der Waals surface area contributed by atoms with Crippen LogP contribution < -0.4 is 10.7 Å². The monoisotopic (exact) mass is 284 g/mol. The van der Waals surface area contributed by atoms with Gasteiger partial charge in [-0.1, -0.05) is 24.3 Å². The van der Waals surface area contributed by atoms with Crippen LogP contribution in [0.4, 0.5) is 5.69 Å². The summed E-state index contributed by atoms with van der Waals surface area (Å²) in [6.07, 6.45) is 5.12. The van der Waals surface area contributed by atoms with Gasteiger partial charge >= 0.3 is 0 Å². The number of hydrogen-bond donors (Lipinski definition) is 2. The van der Waals surface area contributed by atoms with Crippen LogP contribution in [0.25, 0.3) is 0 Å². The van der Waals surface area contributed by atoms with Crippen LogP contribution >= 0.6 is 12.2 Å². The summed E-state index contributed by atoms with van der Waals surface area (Å²) in [6.45, 7) is 4.08. The number of benzene rings is 1. The van der Waals surface area contributed by atoms with Crippen molar-refractivity contribution in [1.82, 2.24) is 10.4 Å². The number of hydrazone groups is 1. The number of aryl methyl sites for hydroxylation is 2. The Morgan fingerprint density at radius 1 is 1.20 bits per heavy atom. The van der Waals surface area contributed by atoms with Crippen LogP contribution in [0.15, 0.2) is 47.8 Å². The molecule has 0 unspecified atom stereocenters. The predicted octanol–water partition coefficient (Wildman–Crippen LogP) is 3.02. The smallest absolute Gasteiger partial charge is 0.191 e. The Morgan fingerprint density at radius 2 is 1.95 bits per heavy atom. The van der Waals surface area contributed by atoms with Gasteiger partial charge in [-0.3, -0.25) is 10.4 Å².